The molecule has 1 heterocycles. The van der Waals surface area contributed by atoms with Crippen LogP contribution in [0.25, 0.3) is 0 Å². The molecular formula is C19H32IN3OS2. The van der Waals surface area contributed by atoms with Crippen molar-refractivity contribution in [3.8, 4) is 0 Å². The minimum absolute atomic E-state index is 0. The van der Waals surface area contributed by atoms with Gasteiger partial charge in [0.25, 0.3) is 0 Å². The molecule has 1 aromatic rings. The minimum atomic E-state index is 0. The second kappa shape index (κ2) is 13.1. The molecule has 1 fully saturated rings. The van der Waals surface area contributed by atoms with Crippen molar-refractivity contribution in [3.63, 3.8) is 0 Å². The van der Waals surface area contributed by atoms with E-state index in [0.29, 0.717) is 5.25 Å². The zero-order valence-corrected chi connectivity index (χ0v) is 20.0. The number of rotatable bonds is 8. The third kappa shape index (κ3) is 8.27. The number of benzene rings is 1. The number of hydrogen-bond acceptors (Lipinski definition) is 4. The first-order chi connectivity index (χ1) is 12.2. The van der Waals surface area contributed by atoms with Gasteiger partial charge in [-0.15, -0.1) is 35.7 Å². The average molecular weight is 510 g/mol. The van der Waals surface area contributed by atoms with Crippen LogP contribution in [-0.2, 0) is 4.74 Å². The maximum atomic E-state index is 5.55. The Kier molecular flexibility index (Phi) is 12.1. The van der Waals surface area contributed by atoms with Crippen LogP contribution >= 0.6 is 47.5 Å². The zero-order chi connectivity index (χ0) is 18.0. The molecule has 7 heteroatoms. The van der Waals surface area contributed by atoms with E-state index in [9.17, 15) is 0 Å². The highest BCUT2D eigenvalue weighted by Crippen LogP contribution is 2.34. The summed E-state index contributed by atoms with van der Waals surface area (Å²) in [6, 6.07) is 10.5. The first-order valence-electron chi connectivity index (χ1n) is 9.05. The van der Waals surface area contributed by atoms with Crippen LogP contribution in [0.2, 0.25) is 0 Å². The van der Waals surface area contributed by atoms with E-state index in [1.54, 1.807) is 0 Å². The summed E-state index contributed by atoms with van der Waals surface area (Å²) in [5.74, 6) is 2.03. The normalized spacial score (nSPS) is 17.9. The Bertz CT molecular complexity index is 519. The number of thioether (sulfide) groups is 2. The monoisotopic (exact) mass is 509 g/mol. The summed E-state index contributed by atoms with van der Waals surface area (Å²) in [6.07, 6.45) is 2.21. The van der Waals surface area contributed by atoms with Gasteiger partial charge in [0, 0.05) is 48.2 Å². The van der Waals surface area contributed by atoms with Gasteiger partial charge >= 0.3 is 0 Å². The predicted octanol–water partition coefficient (Wildman–Crippen LogP) is 4.25. The lowest BCUT2D eigenvalue weighted by atomic mass is 9.99. The number of nitrogens with one attached hydrogen (secondary N) is 2. The van der Waals surface area contributed by atoms with Crippen molar-refractivity contribution in [2.75, 3.05) is 39.1 Å². The van der Waals surface area contributed by atoms with E-state index in [4.69, 9.17) is 4.74 Å². The first-order valence-corrected chi connectivity index (χ1v) is 10.9. The van der Waals surface area contributed by atoms with E-state index in [1.807, 2.05) is 30.6 Å². The molecule has 4 nitrogen and oxygen atoms in total. The molecule has 0 bridgehead atoms. The van der Waals surface area contributed by atoms with Crippen LogP contribution in [0.4, 0.5) is 0 Å². The molecule has 1 saturated heterocycles. The Hall–Kier alpha value is -0.120. The quantitative estimate of drug-likeness (QED) is 0.238. The van der Waals surface area contributed by atoms with Crippen molar-refractivity contribution in [3.05, 3.63) is 30.3 Å². The molecule has 2 N–H and O–H groups in total. The fourth-order valence-electron chi connectivity index (χ4n) is 2.90. The van der Waals surface area contributed by atoms with Crippen molar-refractivity contribution < 1.29 is 4.74 Å². The van der Waals surface area contributed by atoms with E-state index in [0.717, 1.165) is 50.9 Å². The van der Waals surface area contributed by atoms with Crippen LogP contribution in [-0.4, -0.2) is 55.1 Å². The van der Waals surface area contributed by atoms with Crippen molar-refractivity contribution >= 4 is 53.5 Å². The van der Waals surface area contributed by atoms with E-state index in [1.165, 1.54) is 4.90 Å². The highest BCUT2D eigenvalue weighted by atomic mass is 127. The predicted molar refractivity (Wildman–Crippen MR) is 127 cm³/mol. The molecule has 1 atom stereocenters. The number of guanidine groups is 1. The number of hydrogen-bond donors (Lipinski definition) is 2. The second-order valence-electron chi connectivity index (χ2n) is 6.28. The van der Waals surface area contributed by atoms with Gasteiger partial charge in [-0.2, -0.15) is 11.8 Å². The summed E-state index contributed by atoms with van der Waals surface area (Å²) in [7, 11) is 1.84. The molecule has 2 rings (SSSR count). The Morgan fingerprint density at radius 1 is 1.23 bits per heavy atom. The summed E-state index contributed by atoms with van der Waals surface area (Å²) >= 11 is 3.93. The highest BCUT2D eigenvalue weighted by molar-refractivity contribution is 14.0. The lowest BCUT2D eigenvalue weighted by Crippen LogP contribution is -2.48. The summed E-state index contributed by atoms with van der Waals surface area (Å²) in [5.41, 5.74) is 0. The van der Waals surface area contributed by atoms with E-state index in [2.05, 4.69) is 59.8 Å². The molecule has 0 saturated carbocycles. The summed E-state index contributed by atoms with van der Waals surface area (Å²) < 4.78 is 5.82. The molecule has 0 spiro atoms. The Balaban J connectivity index is 0.00000338. The van der Waals surface area contributed by atoms with Gasteiger partial charge in [-0.1, -0.05) is 32.0 Å². The van der Waals surface area contributed by atoms with Crippen molar-refractivity contribution in [2.24, 2.45) is 4.99 Å². The Morgan fingerprint density at radius 2 is 1.92 bits per heavy atom. The summed E-state index contributed by atoms with van der Waals surface area (Å²) in [4.78, 5) is 5.69. The van der Waals surface area contributed by atoms with Crippen LogP contribution in [0, 0.1) is 0 Å². The largest absolute Gasteiger partial charge is 0.381 e. The van der Waals surface area contributed by atoms with Crippen molar-refractivity contribution in [2.45, 2.75) is 41.6 Å². The van der Waals surface area contributed by atoms with Crippen LogP contribution in [0.5, 0.6) is 0 Å². The minimum Gasteiger partial charge on any atom is -0.381 e. The fraction of sp³-hybridized carbons (Fsp3) is 0.632. The molecule has 148 valence electrons. The van der Waals surface area contributed by atoms with Crippen LogP contribution in [0.15, 0.2) is 40.2 Å². The number of aliphatic imine (C=N–C) groups is 1. The lowest BCUT2D eigenvalue weighted by molar-refractivity contribution is 0.0782. The number of ether oxygens (including phenoxy) is 1. The van der Waals surface area contributed by atoms with Crippen molar-refractivity contribution in [1.29, 1.82) is 0 Å². The maximum Gasteiger partial charge on any atom is 0.191 e. The molecule has 0 amide bonds. The SMILES string of the molecule is CCSC1(CNC(=NC)NCC(C)Sc2ccccc2)CCOCC1.I. The fourth-order valence-corrected chi connectivity index (χ4v) is 5.09. The van der Waals surface area contributed by atoms with E-state index < -0.39 is 0 Å². The maximum absolute atomic E-state index is 5.55. The van der Waals surface area contributed by atoms with Gasteiger partial charge in [0.1, 0.15) is 0 Å². The average Bonchev–Trinajstić information content (AvgIpc) is 2.64. The highest BCUT2D eigenvalue weighted by Gasteiger charge is 2.32. The number of nitrogens with zero attached hydrogens (tertiary/aromatic N) is 1. The molecule has 1 aromatic carbocycles. The van der Waals surface area contributed by atoms with Crippen LogP contribution in [0.3, 0.4) is 0 Å². The third-order valence-electron chi connectivity index (χ3n) is 4.29. The van der Waals surface area contributed by atoms with Crippen molar-refractivity contribution in [1.82, 2.24) is 10.6 Å². The standard InChI is InChI=1S/C19H31N3OS2.HI/c1-4-24-19(10-12-23-13-11-19)15-22-18(20-3)21-14-16(2)25-17-8-6-5-7-9-17;/h5-9,16H,4,10-15H2,1-3H3,(H2,20,21,22);1H. The molecule has 0 aromatic heterocycles. The van der Waals surface area contributed by atoms with Gasteiger partial charge in [0.2, 0.25) is 0 Å². The molecule has 26 heavy (non-hydrogen) atoms. The van der Waals surface area contributed by atoms with E-state index >= 15 is 0 Å². The third-order valence-corrected chi connectivity index (χ3v) is 6.86. The van der Waals surface area contributed by atoms with Gasteiger partial charge in [-0.05, 0) is 30.7 Å². The Labute approximate surface area is 184 Å². The lowest BCUT2D eigenvalue weighted by Gasteiger charge is -2.37. The second-order valence-corrected chi connectivity index (χ2v) is 9.52. The Morgan fingerprint density at radius 3 is 2.54 bits per heavy atom. The van der Waals surface area contributed by atoms with Gasteiger partial charge in [-0.3, -0.25) is 4.99 Å². The number of halogens is 1. The molecule has 0 aliphatic carbocycles. The van der Waals surface area contributed by atoms with Gasteiger partial charge in [0.15, 0.2) is 5.96 Å². The van der Waals surface area contributed by atoms with Gasteiger partial charge in [0.05, 0.1) is 0 Å². The summed E-state index contributed by atoms with van der Waals surface area (Å²) in [5, 5.41) is 7.48. The van der Waals surface area contributed by atoms with Gasteiger partial charge in [-0.25, -0.2) is 0 Å². The molecule has 0 radical (unpaired) electrons. The first kappa shape index (κ1) is 23.9. The topological polar surface area (TPSA) is 45.7 Å². The smallest absolute Gasteiger partial charge is 0.191 e. The molecular weight excluding hydrogens is 477 g/mol. The molecule has 1 aliphatic heterocycles. The van der Waals surface area contributed by atoms with E-state index in [-0.39, 0.29) is 28.7 Å². The van der Waals surface area contributed by atoms with Crippen LogP contribution in [0.1, 0.15) is 26.7 Å². The molecule has 1 aliphatic rings. The van der Waals surface area contributed by atoms with Gasteiger partial charge < -0.3 is 15.4 Å². The zero-order valence-electron chi connectivity index (χ0n) is 16.0. The summed E-state index contributed by atoms with van der Waals surface area (Å²) in [6.45, 7) is 8.03. The van der Waals surface area contributed by atoms with Crippen LogP contribution < -0.4 is 10.6 Å². The molecule has 1 unspecified atom stereocenters.